The number of urea groups is 1. The Morgan fingerprint density at radius 1 is 0.929 bits per heavy atom. The quantitative estimate of drug-likeness (QED) is 0.578. The molecule has 2 rings (SSSR count). The van der Waals surface area contributed by atoms with Gasteiger partial charge in [0, 0.05) is 25.2 Å². The summed E-state index contributed by atoms with van der Waals surface area (Å²) in [4.78, 5) is 12.3. The molecule has 0 heterocycles. The van der Waals surface area contributed by atoms with Crippen molar-refractivity contribution in [2.24, 2.45) is 5.73 Å². The van der Waals surface area contributed by atoms with Crippen molar-refractivity contribution in [3.05, 3.63) is 47.5 Å². The summed E-state index contributed by atoms with van der Waals surface area (Å²) < 4.78 is 17.0. The molecule has 0 saturated carbocycles. The van der Waals surface area contributed by atoms with Crippen molar-refractivity contribution in [3.8, 4) is 17.2 Å². The van der Waals surface area contributed by atoms with Crippen LogP contribution in [0.5, 0.6) is 17.2 Å². The molecule has 2 aromatic rings. The van der Waals surface area contributed by atoms with Gasteiger partial charge in [0.05, 0.1) is 25.5 Å². The Hall–Kier alpha value is -2.93. The molecular formula is C21H29N3O4. The predicted octanol–water partition coefficient (Wildman–Crippen LogP) is 3.66. The topological polar surface area (TPSA) is 94.8 Å². The number of carbonyl (C=O) groups is 1. The molecule has 0 aliphatic carbocycles. The average molecular weight is 387 g/mol. The number of hydrogen-bond acceptors (Lipinski definition) is 5. The normalized spacial score (nSPS) is 10.3. The minimum absolute atomic E-state index is 0.327. The zero-order valence-corrected chi connectivity index (χ0v) is 16.7. The van der Waals surface area contributed by atoms with Gasteiger partial charge in [-0.2, -0.15) is 0 Å². The second-order valence-corrected chi connectivity index (χ2v) is 5.93. The summed E-state index contributed by atoms with van der Waals surface area (Å²) in [5.41, 5.74) is 8.22. The summed E-state index contributed by atoms with van der Waals surface area (Å²) in [5.74, 6) is 1.60. The van der Waals surface area contributed by atoms with E-state index in [1.54, 1.807) is 12.1 Å². The Labute approximate surface area is 166 Å². The van der Waals surface area contributed by atoms with Crippen LogP contribution in [0.2, 0.25) is 0 Å². The highest BCUT2D eigenvalue weighted by Gasteiger charge is 2.16. The van der Waals surface area contributed by atoms with Crippen molar-refractivity contribution in [2.45, 2.75) is 33.9 Å². The molecule has 0 atom stereocenters. The fourth-order valence-corrected chi connectivity index (χ4v) is 2.69. The van der Waals surface area contributed by atoms with Gasteiger partial charge in [-0.3, -0.25) is 0 Å². The SMILES string of the molecule is CCOc1cc(NC(=O)NCc2cccc(CN)c2)cc(OCC)c1OCC. The number of hydrogen-bond donors (Lipinski definition) is 3. The van der Waals surface area contributed by atoms with E-state index in [0.29, 0.717) is 55.8 Å². The Balaban J connectivity index is 2.11. The molecule has 7 nitrogen and oxygen atoms in total. The summed E-state index contributed by atoms with van der Waals surface area (Å²) in [7, 11) is 0. The molecule has 0 aromatic heterocycles. The van der Waals surface area contributed by atoms with Crippen LogP contribution in [0.25, 0.3) is 0 Å². The smallest absolute Gasteiger partial charge is 0.319 e. The Morgan fingerprint density at radius 3 is 2.11 bits per heavy atom. The van der Waals surface area contributed by atoms with Gasteiger partial charge in [0.25, 0.3) is 0 Å². The van der Waals surface area contributed by atoms with E-state index in [1.165, 1.54) is 0 Å². The van der Waals surface area contributed by atoms with Crippen LogP contribution in [0.1, 0.15) is 31.9 Å². The van der Waals surface area contributed by atoms with E-state index < -0.39 is 0 Å². The highest BCUT2D eigenvalue weighted by Crippen LogP contribution is 2.40. The van der Waals surface area contributed by atoms with Crippen LogP contribution < -0.4 is 30.6 Å². The van der Waals surface area contributed by atoms with E-state index in [0.717, 1.165) is 11.1 Å². The third kappa shape index (κ3) is 6.06. The number of nitrogens with two attached hydrogens (primary N) is 1. The van der Waals surface area contributed by atoms with E-state index in [1.807, 2.05) is 45.0 Å². The highest BCUT2D eigenvalue weighted by atomic mass is 16.5. The number of ether oxygens (including phenoxy) is 3. The maximum Gasteiger partial charge on any atom is 0.319 e. The summed E-state index contributed by atoms with van der Waals surface area (Å²) in [6.07, 6.45) is 0. The molecule has 2 aromatic carbocycles. The molecule has 7 heteroatoms. The number of amides is 2. The fraction of sp³-hybridized carbons (Fsp3) is 0.381. The third-order valence-corrected chi connectivity index (χ3v) is 3.85. The van der Waals surface area contributed by atoms with Gasteiger partial charge in [0.1, 0.15) is 0 Å². The molecule has 152 valence electrons. The molecule has 0 radical (unpaired) electrons. The maximum absolute atomic E-state index is 12.3. The standard InChI is InChI=1S/C21H29N3O4/c1-4-26-18-11-17(12-19(27-5-2)20(18)28-6-3)24-21(25)23-14-16-9-7-8-15(10-16)13-22/h7-12H,4-6,13-14,22H2,1-3H3,(H2,23,24,25). The lowest BCUT2D eigenvalue weighted by Gasteiger charge is -2.17. The molecule has 0 unspecified atom stereocenters. The number of anilines is 1. The first-order chi connectivity index (χ1) is 13.6. The summed E-state index contributed by atoms with van der Waals surface area (Å²) in [6.45, 7) is 7.95. The second kappa shape index (κ2) is 11.0. The van der Waals surface area contributed by atoms with E-state index >= 15 is 0 Å². The number of nitrogens with one attached hydrogen (secondary N) is 2. The molecule has 0 saturated heterocycles. The first-order valence-electron chi connectivity index (χ1n) is 9.50. The van der Waals surface area contributed by atoms with E-state index in [9.17, 15) is 4.79 Å². The number of benzene rings is 2. The zero-order valence-electron chi connectivity index (χ0n) is 16.7. The molecule has 0 bridgehead atoms. The van der Waals surface area contributed by atoms with E-state index in [-0.39, 0.29) is 6.03 Å². The van der Waals surface area contributed by atoms with Gasteiger partial charge >= 0.3 is 6.03 Å². The number of rotatable bonds is 10. The van der Waals surface area contributed by atoms with Gasteiger partial charge in [0.2, 0.25) is 5.75 Å². The molecule has 4 N–H and O–H groups in total. The lowest BCUT2D eigenvalue weighted by Crippen LogP contribution is -2.28. The van der Waals surface area contributed by atoms with Crippen molar-refractivity contribution in [1.82, 2.24) is 5.32 Å². The van der Waals surface area contributed by atoms with Crippen molar-refractivity contribution in [3.63, 3.8) is 0 Å². The van der Waals surface area contributed by atoms with Crippen LogP contribution in [0.3, 0.4) is 0 Å². The van der Waals surface area contributed by atoms with Crippen LogP contribution >= 0.6 is 0 Å². The summed E-state index contributed by atoms with van der Waals surface area (Å²) in [6, 6.07) is 10.9. The van der Waals surface area contributed by atoms with Crippen LogP contribution in [-0.4, -0.2) is 25.9 Å². The molecular weight excluding hydrogens is 358 g/mol. The van der Waals surface area contributed by atoms with Gasteiger partial charge in [-0.1, -0.05) is 24.3 Å². The Kier molecular flexibility index (Phi) is 8.42. The average Bonchev–Trinajstić information content (AvgIpc) is 2.69. The minimum atomic E-state index is -0.327. The van der Waals surface area contributed by atoms with E-state index in [2.05, 4.69) is 10.6 Å². The third-order valence-electron chi connectivity index (χ3n) is 3.85. The lowest BCUT2D eigenvalue weighted by atomic mass is 10.1. The summed E-state index contributed by atoms with van der Waals surface area (Å²) in [5, 5.41) is 5.66. The Bertz CT molecular complexity index is 753. The van der Waals surface area contributed by atoms with Gasteiger partial charge in [-0.05, 0) is 31.9 Å². The number of carbonyl (C=O) groups excluding carboxylic acids is 1. The van der Waals surface area contributed by atoms with Crippen molar-refractivity contribution in [2.75, 3.05) is 25.1 Å². The van der Waals surface area contributed by atoms with Crippen LogP contribution in [0.4, 0.5) is 10.5 Å². The predicted molar refractivity (Wildman–Crippen MR) is 110 cm³/mol. The van der Waals surface area contributed by atoms with Crippen LogP contribution in [-0.2, 0) is 13.1 Å². The molecule has 0 fully saturated rings. The van der Waals surface area contributed by atoms with Crippen LogP contribution in [0, 0.1) is 0 Å². The van der Waals surface area contributed by atoms with Gasteiger partial charge in [-0.25, -0.2) is 4.79 Å². The van der Waals surface area contributed by atoms with E-state index in [4.69, 9.17) is 19.9 Å². The van der Waals surface area contributed by atoms with Gasteiger partial charge < -0.3 is 30.6 Å². The first-order valence-corrected chi connectivity index (χ1v) is 9.50. The molecule has 0 aliphatic rings. The highest BCUT2D eigenvalue weighted by molar-refractivity contribution is 5.90. The fourth-order valence-electron chi connectivity index (χ4n) is 2.69. The maximum atomic E-state index is 12.3. The van der Waals surface area contributed by atoms with Gasteiger partial charge in [-0.15, -0.1) is 0 Å². The lowest BCUT2D eigenvalue weighted by molar-refractivity contribution is 0.251. The first kappa shape index (κ1) is 21.4. The summed E-state index contributed by atoms with van der Waals surface area (Å²) >= 11 is 0. The Morgan fingerprint density at radius 2 is 1.54 bits per heavy atom. The second-order valence-electron chi connectivity index (χ2n) is 5.93. The van der Waals surface area contributed by atoms with Crippen LogP contribution in [0.15, 0.2) is 36.4 Å². The zero-order chi connectivity index (χ0) is 20.4. The minimum Gasteiger partial charge on any atom is -0.490 e. The largest absolute Gasteiger partial charge is 0.490 e. The van der Waals surface area contributed by atoms with Crippen molar-refractivity contribution >= 4 is 11.7 Å². The van der Waals surface area contributed by atoms with Gasteiger partial charge in [0.15, 0.2) is 11.5 Å². The molecule has 0 aliphatic heterocycles. The van der Waals surface area contributed by atoms with Crippen molar-refractivity contribution < 1.29 is 19.0 Å². The molecule has 2 amide bonds. The molecule has 0 spiro atoms. The van der Waals surface area contributed by atoms with Crippen molar-refractivity contribution in [1.29, 1.82) is 0 Å². The molecule has 28 heavy (non-hydrogen) atoms. The monoisotopic (exact) mass is 387 g/mol.